The molecule has 110 valence electrons. The van der Waals surface area contributed by atoms with Crippen LogP contribution in [0.2, 0.25) is 0 Å². The lowest BCUT2D eigenvalue weighted by molar-refractivity contribution is 0.629. The maximum atomic E-state index is 5.42. The van der Waals surface area contributed by atoms with Gasteiger partial charge in [0.05, 0.1) is 6.04 Å². The molecule has 4 heteroatoms. The Kier molecular flexibility index (Phi) is 5.76. The Hall–Kier alpha value is -1.39. The summed E-state index contributed by atoms with van der Waals surface area (Å²) in [7, 11) is 0. The normalized spacial score (nSPS) is 11.8. The van der Waals surface area contributed by atoms with Crippen molar-refractivity contribution < 1.29 is 0 Å². The lowest BCUT2D eigenvalue weighted by Crippen LogP contribution is -2.32. The van der Waals surface area contributed by atoms with Crippen LogP contribution in [-0.2, 0) is 0 Å². The van der Waals surface area contributed by atoms with Crippen LogP contribution in [0.1, 0.15) is 30.5 Å². The Morgan fingerprint density at radius 1 is 1.19 bits per heavy atom. The molecule has 0 aliphatic rings. The number of rotatable bonds is 4. The maximum Gasteiger partial charge on any atom is 0.171 e. The average molecular weight is 363 g/mol. The summed E-state index contributed by atoms with van der Waals surface area (Å²) in [5.74, 6) is 0. The molecule has 0 unspecified atom stereocenters. The van der Waals surface area contributed by atoms with E-state index >= 15 is 0 Å². The fraction of sp³-hybridized carbons (Fsp3) is 0.235. The molecule has 0 bridgehead atoms. The average Bonchev–Trinajstić information content (AvgIpc) is 2.46. The first-order valence-corrected chi connectivity index (χ1v) is 8.18. The van der Waals surface area contributed by atoms with Gasteiger partial charge in [-0.05, 0) is 61.0 Å². The van der Waals surface area contributed by atoms with E-state index in [-0.39, 0.29) is 6.04 Å². The van der Waals surface area contributed by atoms with Gasteiger partial charge in [-0.3, -0.25) is 0 Å². The second-order valence-electron chi connectivity index (χ2n) is 4.98. The van der Waals surface area contributed by atoms with Crippen LogP contribution in [0.15, 0.2) is 53.0 Å². The Balaban J connectivity index is 2.01. The monoisotopic (exact) mass is 362 g/mol. The fourth-order valence-electron chi connectivity index (χ4n) is 2.16. The topological polar surface area (TPSA) is 24.1 Å². The van der Waals surface area contributed by atoms with Crippen molar-refractivity contribution in [2.45, 2.75) is 26.3 Å². The van der Waals surface area contributed by atoms with E-state index in [1.165, 1.54) is 11.1 Å². The third-order valence-electron chi connectivity index (χ3n) is 3.26. The summed E-state index contributed by atoms with van der Waals surface area (Å²) in [5, 5.41) is 7.26. The Bertz CT molecular complexity index is 610. The molecule has 21 heavy (non-hydrogen) atoms. The number of aryl methyl sites for hydroxylation is 1. The van der Waals surface area contributed by atoms with Gasteiger partial charge in [0, 0.05) is 10.2 Å². The molecule has 2 nitrogen and oxygen atoms in total. The lowest BCUT2D eigenvalue weighted by atomic mass is 10.1. The molecular weight excluding hydrogens is 344 g/mol. The molecule has 2 aromatic rings. The Morgan fingerprint density at radius 3 is 2.52 bits per heavy atom. The minimum Gasteiger partial charge on any atom is -0.356 e. The quantitative estimate of drug-likeness (QED) is 0.731. The predicted molar refractivity (Wildman–Crippen MR) is 97.7 cm³/mol. The van der Waals surface area contributed by atoms with Crippen molar-refractivity contribution in [1.29, 1.82) is 0 Å². The number of hydrogen-bond donors (Lipinski definition) is 2. The predicted octanol–water partition coefficient (Wildman–Crippen LogP) is 5.20. The first-order chi connectivity index (χ1) is 10.1. The van der Waals surface area contributed by atoms with E-state index in [2.05, 4.69) is 76.8 Å². The van der Waals surface area contributed by atoms with Crippen molar-refractivity contribution in [2.24, 2.45) is 0 Å². The number of thiocarbonyl (C=S) groups is 1. The first kappa shape index (κ1) is 16.0. The molecule has 0 aliphatic carbocycles. The van der Waals surface area contributed by atoms with Crippen LogP contribution in [0.4, 0.5) is 5.69 Å². The van der Waals surface area contributed by atoms with E-state index < -0.39 is 0 Å². The molecule has 0 aromatic heterocycles. The zero-order valence-corrected chi connectivity index (χ0v) is 14.6. The molecule has 2 N–H and O–H groups in total. The molecule has 2 rings (SSSR count). The van der Waals surface area contributed by atoms with Crippen molar-refractivity contribution in [2.75, 3.05) is 5.32 Å². The third kappa shape index (κ3) is 4.83. The van der Waals surface area contributed by atoms with Gasteiger partial charge in [0.25, 0.3) is 0 Å². The van der Waals surface area contributed by atoms with Crippen LogP contribution in [0.5, 0.6) is 0 Å². The zero-order chi connectivity index (χ0) is 15.2. The van der Waals surface area contributed by atoms with Gasteiger partial charge < -0.3 is 10.6 Å². The van der Waals surface area contributed by atoms with E-state index in [1.807, 2.05) is 12.1 Å². The Morgan fingerprint density at radius 2 is 1.90 bits per heavy atom. The SMILES string of the molecule is CC[C@@H](NC(=S)Nc1cccc(C)c1)c1ccc(Br)cc1. The molecule has 0 aliphatic heterocycles. The Labute approximate surface area is 140 Å². The minimum absolute atomic E-state index is 0.211. The first-order valence-electron chi connectivity index (χ1n) is 6.98. The summed E-state index contributed by atoms with van der Waals surface area (Å²) in [5.41, 5.74) is 3.45. The molecule has 0 saturated heterocycles. The summed E-state index contributed by atoms with van der Waals surface area (Å²) >= 11 is 8.88. The molecule has 0 radical (unpaired) electrons. The summed E-state index contributed by atoms with van der Waals surface area (Å²) in [6, 6.07) is 16.7. The van der Waals surface area contributed by atoms with Gasteiger partial charge in [-0.25, -0.2) is 0 Å². The van der Waals surface area contributed by atoms with E-state index in [4.69, 9.17) is 12.2 Å². The molecule has 0 spiro atoms. The van der Waals surface area contributed by atoms with Gasteiger partial charge in [-0.1, -0.05) is 47.1 Å². The highest BCUT2D eigenvalue weighted by molar-refractivity contribution is 9.10. The summed E-state index contributed by atoms with van der Waals surface area (Å²) in [6.45, 7) is 4.22. The van der Waals surface area contributed by atoms with Gasteiger partial charge in [0.2, 0.25) is 0 Å². The lowest BCUT2D eigenvalue weighted by Gasteiger charge is -2.20. The van der Waals surface area contributed by atoms with Crippen molar-refractivity contribution in [3.05, 3.63) is 64.1 Å². The van der Waals surface area contributed by atoms with Gasteiger partial charge in [-0.15, -0.1) is 0 Å². The van der Waals surface area contributed by atoms with Crippen molar-refractivity contribution in [3.8, 4) is 0 Å². The number of hydrogen-bond acceptors (Lipinski definition) is 1. The van der Waals surface area contributed by atoms with Crippen LogP contribution in [0.25, 0.3) is 0 Å². The van der Waals surface area contributed by atoms with Crippen molar-refractivity contribution in [1.82, 2.24) is 5.32 Å². The molecule has 2 aromatic carbocycles. The van der Waals surface area contributed by atoms with Crippen LogP contribution < -0.4 is 10.6 Å². The van der Waals surface area contributed by atoms with Gasteiger partial charge in [0.15, 0.2) is 5.11 Å². The maximum absolute atomic E-state index is 5.42. The summed E-state index contributed by atoms with van der Waals surface area (Å²) < 4.78 is 1.08. The number of halogens is 1. The van der Waals surface area contributed by atoms with E-state index in [0.717, 1.165) is 16.6 Å². The second-order valence-corrected chi connectivity index (χ2v) is 6.30. The zero-order valence-electron chi connectivity index (χ0n) is 12.2. The number of nitrogens with one attached hydrogen (secondary N) is 2. The molecule has 1 atom stereocenters. The summed E-state index contributed by atoms with van der Waals surface area (Å²) in [6.07, 6.45) is 0.970. The molecule has 0 heterocycles. The van der Waals surface area contributed by atoms with Crippen LogP contribution in [-0.4, -0.2) is 5.11 Å². The van der Waals surface area contributed by atoms with E-state index in [1.54, 1.807) is 0 Å². The van der Waals surface area contributed by atoms with Crippen molar-refractivity contribution in [3.63, 3.8) is 0 Å². The molecule has 0 amide bonds. The smallest absolute Gasteiger partial charge is 0.171 e. The minimum atomic E-state index is 0.211. The fourth-order valence-corrected chi connectivity index (χ4v) is 2.69. The highest BCUT2D eigenvalue weighted by Gasteiger charge is 2.10. The van der Waals surface area contributed by atoms with Gasteiger partial charge >= 0.3 is 0 Å². The van der Waals surface area contributed by atoms with Crippen LogP contribution in [0, 0.1) is 6.92 Å². The van der Waals surface area contributed by atoms with Crippen molar-refractivity contribution >= 4 is 38.9 Å². The van der Waals surface area contributed by atoms with Gasteiger partial charge in [0.1, 0.15) is 0 Å². The highest BCUT2D eigenvalue weighted by Crippen LogP contribution is 2.20. The highest BCUT2D eigenvalue weighted by atomic mass is 79.9. The largest absolute Gasteiger partial charge is 0.356 e. The van der Waals surface area contributed by atoms with Crippen LogP contribution >= 0.6 is 28.1 Å². The van der Waals surface area contributed by atoms with E-state index in [0.29, 0.717) is 5.11 Å². The van der Waals surface area contributed by atoms with Crippen LogP contribution in [0.3, 0.4) is 0 Å². The van der Waals surface area contributed by atoms with E-state index in [9.17, 15) is 0 Å². The van der Waals surface area contributed by atoms with Gasteiger partial charge in [-0.2, -0.15) is 0 Å². The summed E-state index contributed by atoms with van der Waals surface area (Å²) in [4.78, 5) is 0. The second kappa shape index (κ2) is 7.57. The molecule has 0 fully saturated rings. The number of anilines is 1. The molecular formula is C17H19BrN2S. The standard InChI is InChI=1S/C17H19BrN2S/c1-3-16(13-7-9-14(18)10-8-13)20-17(21)19-15-6-4-5-12(2)11-15/h4-11,16H,3H2,1-2H3,(H2,19,20,21)/t16-/m1/s1. The molecule has 0 saturated carbocycles. The number of benzene rings is 2. The third-order valence-corrected chi connectivity index (χ3v) is 4.01.